The first-order chi connectivity index (χ1) is 10.1. The molecule has 1 aliphatic carbocycles. The second-order valence-corrected chi connectivity index (χ2v) is 7.54. The van der Waals surface area contributed by atoms with Crippen molar-refractivity contribution < 1.29 is 21.6 Å². The molecule has 132 valence electrons. The number of halogens is 4. The summed E-state index contributed by atoms with van der Waals surface area (Å²) in [6.07, 6.45) is -0.233. The lowest BCUT2D eigenvalue weighted by atomic mass is 9.83. The molecule has 3 N–H and O–H groups in total. The van der Waals surface area contributed by atoms with Gasteiger partial charge in [0.1, 0.15) is 0 Å². The molecule has 2 rings (SSSR count). The largest absolute Gasteiger partial charge is 0.416 e. The lowest BCUT2D eigenvalue weighted by molar-refractivity contribution is -0.137. The smallest absolute Gasteiger partial charge is 0.324 e. The maximum Gasteiger partial charge on any atom is 0.416 e. The fraction of sp³-hybridized carbons (Fsp3) is 0.571. The lowest BCUT2D eigenvalue weighted by Crippen LogP contribution is -2.51. The Morgan fingerprint density at radius 2 is 1.78 bits per heavy atom. The third-order valence-electron chi connectivity index (χ3n) is 3.94. The first-order valence-corrected chi connectivity index (χ1v) is 8.57. The zero-order chi connectivity index (χ0) is 16.4. The minimum Gasteiger partial charge on any atom is -0.324 e. The molecule has 0 aromatic heterocycles. The number of nitrogens with two attached hydrogens (primary N) is 1. The maximum absolute atomic E-state index is 12.7. The zero-order valence-electron chi connectivity index (χ0n) is 12.4. The van der Waals surface area contributed by atoms with E-state index in [4.69, 9.17) is 5.73 Å². The van der Waals surface area contributed by atoms with Crippen molar-refractivity contribution in [1.82, 2.24) is 4.72 Å². The summed E-state index contributed by atoms with van der Waals surface area (Å²) in [5, 5.41) is 0. The van der Waals surface area contributed by atoms with Crippen LogP contribution < -0.4 is 10.5 Å². The van der Waals surface area contributed by atoms with Crippen molar-refractivity contribution in [2.24, 2.45) is 5.73 Å². The van der Waals surface area contributed by atoms with Gasteiger partial charge in [0.15, 0.2) is 0 Å². The molecule has 0 heterocycles. The van der Waals surface area contributed by atoms with Gasteiger partial charge in [-0.05, 0) is 31.0 Å². The third-order valence-corrected chi connectivity index (χ3v) is 5.33. The molecule has 23 heavy (non-hydrogen) atoms. The summed E-state index contributed by atoms with van der Waals surface area (Å²) in [6.45, 7) is 0.0333. The number of hydrogen-bond acceptors (Lipinski definition) is 3. The van der Waals surface area contributed by atoms with Crippen LogP contribution in [0.25, 0.3) is 0 Å². The Kier molecular flexibility index (Phi) is 6.48. The summed E-state index contributed by atoms with van der Waals surface area (Å²) in [5.41, 5.74) is 4.53. The Balaban J connectivity index is 0.00000264. The molecule has 0 aliphatic heterocycles. The van der Waals surface area contributed by atoms with Crippen LogP contribution >= 0.6 is 12.4 Å². The highest BCUT2D eigenvalue weighted by atomic mass is 35.5. The minimum atomic E-state index is -4.58. The monoisotopic (exact) mass is 372 g/mol. The Labute approximate surface area is 140 Å². The molecular formula is C14H20ClF3N2O2S. The average Bonchev–Trinajstić information content (AvgIpc) is 2.46. The van der Waals surface area contributed by atoms with Gasteiger partial charge in [-0.15, -0.1) is 12.4 Å². The third kappa shape index (κ3) is 5.34. The van der Waals surface area contributed by atoms with Gasteiger partial charge < -0.3 is 5.73 Å². The Bertz CT molecular complexity index is 629. The topological polar surface area (TPSA) is 72.2 Å². The predicted octanol–water partition coefficient (Wildman–Crippen LogP) is 3.07. The molecule has 0 amide bonds. The molecule has 0 bridgehead atoms. The summed E-state index contributed by atoms with van der Waals surface area (Å²) < 4.78 is 64.6. The van der Waals surface area contributed by atoms with Crippen molar-refractivity contribution in [3.63, 3.8) is 0 Å². The summed E-state index contributed by atoms with van der Waals surface area (Å²) in [6, 6.07) is 3.69. The van der Waals surface area contributed by atoms with Crippen molar-refractivity contribution >= 4 is 22.4 Å². The Morgan fingerprint density at radius 3 is 2.35 bits per heavy atom. The van der Waals surface area contributed by atoms with Crippen molar-refractivity contribution in [2.45, 2.75) is 48.7 Å². The Hall–Kier alpha value is -0.830. The minimum absolute atomic E-state index is 0. The molecule has 4 nitrogen and oxygen atoms in total. The van der Waals surface area contributed by atoms with Gasteiger partial charge in [0.25, 0.3) is 0 Å². The van der Waals surface area contributed by atoms with Crippen LogP contribution in [-0.2, 0) is 16.2 Å². The molecule has 9 heteroatoms. The standard InChI is InChI=1S/C14H19F3N2O2S.ClH/c15-14(16,17)11-5-4-6-12(9-11)22(20,21)19-10-13(18)7-2-1-3-8-13;/h4-6,9,19H,1-3,7-8,10,18H2;1H. The number of benzene rings is 1. The van der Waals surface area contributed by atoms with Crippen LogP contribution in [-0.4, -0.2) is 20.5 Å². The molecule has 1 aromatic rings. The van der Waals surface area contributed by atoms with Gasteiger partial charge in [-0.3, -0.25) is 0 Å². The van der Waals surface area contributed by atoms with E-state index in [1.807, 2.05) is 0 Å². The quantitative estimate of drug-likeness (QED) is 0.853. The number of alkyl halides is 3. The molecule has 0 saturated heterocycles. The lowest BCUT2D eigenvalue weighted by Gasteiger charge is -2.33. The van der Waals surface area contributed by atoms with Crippen LogP contribution in [0.1, 0.15) is 37.7 Å². The second-order valence-electron chi connectivity index (χ2n) is 5.77. The average molecular weight is 373 g/mol. The molecule has 0 unspecified atom stereocenters. The van der Waals surface area contributed by atoms with E-state index in [0.29, 0.717) is 18.9 Å². The highest BCUT2D eigenvalue weighted by Gasteiger charge is 2.33. The highest BCUT2D eigenvalue weighted by Crippen LogP contribution is 2.30. The molecule has 0 radical (unpaired) electrons. The maximum atomic E-state index is 12.7. The van der Waals surface area contributed by atoms with E-state index in [-0.39, 0.29) is 19.0 Å². The molecule has 1 aliphatic rings. The summed E-state index contributed by atoms with van der Waals surface area (Å²) in [7, 11) is -4.01. The molecule has 1 fully saturated rings. The van der Waals surface area contributed by atoms with E-state index in [2.05, 4.69) is 4.72 Å². The molecule has 0 spiro atoms. The number of hydrogen-bond donors (Lipinski definition) is 2. The van der Waals surface area contributed by atoms with Gasteiger partial charge in [-0.1, -0.05) is 25.3 Å². The molecule has 1 aromatic carbocycles. The highest BCUT2D eigenvalue weighted by molar-refractivity contribution is 7.89. The summed E-state index contributed by atoms with van der Waals surface area (Å²) in [4.78, 5) is -0.401. The number of sulfonamides is 1. The van der Waals surface area contributed by atoms with Gasteiger partial charge in [0, 0.05) is 12.1 Å². The fourth-order valence-corrected chi connectivity index (χ4v) is 3.78. The predicted molar refractivity (Wildman–Crippen MR) is 83.9 cm³/mol. The van der Waals surface area contributed by atoms with Gasteiger partial charge in [0.05, 0.1) is 10.5 Å². The summed E-state index contributed by atoms with van der Waals surface area (Å²) >= 11 is 0. The Morgan fingerprint density at radius 1 is 1.17 bits per heavy atom. The SMILES string of the molecule is Cl.NC1(CNS(=O)(=O)c2cccc(C(F)(F)F)c2)CCCCC1. The van der Waals surface area contributed by atoms with E-state index < -0.39 is 32.2 Å². The van der Waals surface area contributed by atoms with E-state index in [0.717, 1.165) is 37.5 Å². The van der Waals surface area contributed by atoms with E-state index in [1.165, 1.54) is 0 Å². The van der Waals surface area contributed by atoms with Crippen molar-refractivity contribution in [1.29, 1.82) is 0 Å². The molecule has 1 saturated carbocycles. The normalized spacial score (nSPS) is 18.3. The van der Waals surface area contributed by atoms with Crippen LogP contribution in [0.5, 0.6) is 0 Å². The van der Waals surface area contributed by atoms with Crippen molar-refractivity contribution in [3.05, 3.63) is 29.8 Å². The van der Waals surface area contributed by atoms with Gasteiger partial charge >= 0.3 is 6.18 Å². The molecular weight excluding hydrogens is 353 g/mol. The van der Waals surface area contributed by atoms with Gasteiger partial charge in [0.2, 0.25) is 10.0 Å². The van der Waals surface area contributed by atoms with E-state index >= 15 is 0 Å². The first kappa shape index (κ1) is 20.2. The van der Waals surface area contributed by atoms with Gasteiger partial charge in [-0.2, -0.15) is 13.2 Å². The van der Waals surface area contributed by atoms with Crippen LogP contribution in [0.4, 0.5) is 13.2 Å². The number of rotatable bonds is 4. The van der Waals surface area contributed by atoms with E-state index in [9.17, 15) is 21.6 Å². The number of nitrogens with one attached hydrogen (secondary N) is 1. The first-order valence-electron chi connectivity index (χ1n) is 7.08. The van der Waals surface area contributed by atoms with Crippen molar-refractivity contribution in [2.75, 3.05) is 6.54 Å². The van der Waals surface area contributed by atoms with Crippen LogP contribution in [0.3, 0.4) is 0 Å². The van der Waals surface area contributed by atoms with Crippen LogP contribution in [0.15, 0.2) is 29.2 Å². The van der Waals surface area contributed by atoms with E-state index in [1.54, 1.807) is 0 Å². The zero-order valence-corrected chi connectivity index (χ0v) is 14.0. The summed E-state index contributed by atoms with van der Waals surface area (Å²) in [5.74, 6) is 0. The van der Waals surface area contributed by atoms with Crippen LogP contribution in [0.2, 0.25) is 0 Å². The second kappa shape index (κ2) is 7.38. The van der Waals surface area contributed by atoms with Crippen molar-refractivity contribution in [3.8, 4) is 0 Å². The fourth-order valence-electron chi connectivity index (χ4n) is 2.59. The molecule has 0 atom stereocenters. The van der Waals surface area contributed by atoms with Gasteiger partial charge in [-0.25, -0.2) is 13.1 Å². The van der Waals surface area contributed by atoms with Crippen LogP contribution in [0, 0.1) is 0 Å².